The molecule has 2 heterocycles. The van der Waals surface area contributed by atoms with Crippen LogP contribution in [-0.2, 0) is 13.0 Å². The lowest BCUT2D eigenvalue weighted by Crippen LogP contribution is -2.06. The number of hydrogen-bond donors (Lipinski definition) is 2. The number of nitrogens with two attached hydrogens (primary N) is 1. The molecule has 0 aliphatic carbocycles. The second-order valence-electron chi connectivity index (χ2n) is 3.57. The molecule has 0 radical (unpaired) electrons. The number of thiazole rings is 1. The largest absolute Gasteiger partial charge is 0.490 e. The highest BCUT2D eigenvalue weighted by Crippen LogP contribution is 2.26. The third-order valence-corrected chi connectivity index (χ3v) is 3.53. The molecular formula is C11H15N5OS. The van der Waals surface area contributed by atoms with Crippen LogP contribution in [0.1, 0.15) is 16.8 Å². The molecule has 0 aliphatic heterocycles. The van der Waals surface area contributed by atoms with E-state index in [-0.39, 0.29) is 0 Å². The van der Waals surface area contributed by atoms with Crippen LogP contribution in [0.15, 0.2) is 12.5 Å². The molecule has 0 atom stereocenters. The molecule has 2 aromatic rings. The Morgan fingerprint density at radius 2 is 2.22 bits per heavy atom. The molecule has 0 amide bonds. The van der Waals surface area contributed by atoms with Crippen LogP contribution in [0.3, 0.4) is 0 Å². The summed E-state index contributed by atoms with van der Waals surface area (Å²) in [7, 11) is 1.54. The van der Waals surface area contributed by atoms with Crippen molar-refractivity contribution >= 4 is 23.0 Å². The molecule has 7 heteroatoms. The van der Waals surface area contributed by atoms with Crippen molar-refractivity contribution in [1.29, 1.82) is 0 Å². The quantitative estimate of drug-likeness (QED) is 0.855. The Kier molecular flexibility index (Phi) is 3.93. The Balaban J connectivity index is 2.08. The van der Waals surface area contributed by atoms with E-state index in [1.807, 2.05) is 6.20 Å². The van der Waals surface area contributed by atoms with Gasteiger partial charge in [0.15, 0.2) is 11.6 Å². The summed E-state index contributed by atoms with van der Waals surface area (Å²) in [5, 5.41) is 4.16. The van der Waals surface area contributed by atoms with E-state index in [1.54, 1.807) is 18.4 Å². The lowest BCUT2D eigenvalue weighted by atomic mass is 10.4. The number of nitrogens with zero attached hydrogens (tertiary/aromatic N) is 3. The van der Waals surface area contributed by atoms with Crippen LogP contribution in [0.4, 0.5) is 11.6 Å². The summed E-state index contributed by atoms with van der Waals surface area (Å²) in [6.45, 7) is 2.70. The first-order chi connectivity index (χ1) is 8.74. The van der Waals surface area contributed by atoms with Crippen LogP contribution >= 0.6 is 11.3 Å². The Labute approximate surface area is 109 Å². The predicted molar refractivity (Wildman–Crippen MR) is 71.8 cm³/mol. The second kappa shape index (κ2) is 5.63. The van der Waals surface area contributed by atoms with Gasteiger partial charge < -0.3 is 15.8 Å². The van der Waals surface area contributed by atoms with Crippen molar-refractivity contribution < 1.29 is 4.74 Å². The fraction of sp³-hybridized carbons (Fsp3) is 0.364. The van der Waals surface area contributed by atoms with Crippen LogP contribution in [-0.4, -0.2) is 22.1 Å². The lowest BCUT2D eigenvalue weighted by molar-refractivity contribution is 0.415. The number of aryl methyl sites for hydroxylation is 1. The molecular weight excluding hydrogens is 250 g/mol. The maximum absolute atomic E-state index is 5.70. The Morgan fingerprint density at radius 1 is 1.39 bits per heavy atom. The molecule has 2 rings (SSSR count). The smallest absolute Gasteiger partial charge is 0.203 e. The average Bonchev–Trinajstić information content (AvgIpc) is 2.84. The number of hydrogen-bond acceptors (Lipinski definition) is 7. The summed E-state index contributed by atoms with van der Waals surface area (Å²) in [4.78, 5) is 13.6. The van der Waals surface area contributed by atoms with E-state index in [9.17, 15) is 0 Å². The zero-order valence-corrected chi connectivity index (χ0v) is 11.1. The van der Waals surface area contributed by atoms with Crippen molar-refractivity contribution in [3.8, 4) is 5.75 Å². The highest BCUT2D eigenvalue weighted by molar-refractivity contribution is 7.11. The van der Waals surface area contributed by atoms with E-state index in [0.29, 0.717) is 23.9 Å². The van der Waals surface area contributed by atoms with E-state index in [1.165, 1.54) is 11.2 Å². The third kappa shape index (κ3) is 2.67. The second-order valence-corrected chi connectivity index (χ2v) is 4.77. The highest BCUT2D eigenvalue weighted by Gasteiger charge is 2.09. The van der Waals surface area contributed by atoms with E-state index < -0.39 is 0 Å². The summed E-state index contributed by atoms with van der Waals surface area (Å²) < 4.78 is 5.16. The third-order valence-electron chi connectivity index (χ3n) is 2.39. The molecule has 6 nitrogen and oxygen atoms in total. The molecule has 96 valence electrons. The van der Waals surface area contributed by atoms with Crippen LogP contribution in [0, 0.1) is 0 Å². The van der Waals surface area contributed by atoms with Crippen molar-refractivity contribution in [1.82, 2.24) is 15.0 Å². The minimum atomic E-state index is 0.323. The first kappa shape index (κ1) is 12.6. The van der Waals surface area contributed by atoms with Crippen molar-refractivity contribution in [2.75, 3.05) is 18.2 Å². The fourth-order valence-electron chi connectivity index (χ4n) is 1.47. The predicted octanol–water partition coefficient (Wildman–Crippen LogP) is 1.70. The maximum atomic E-state index is 5.70. The molecule has 18 heavy (non-hydrogen) atoms. The Hall–Kier alpha value is -1.89. The molecule has 0 aliphatic rings. The number of rotatable bonds is 5. The fourth-order valence-corrected chi connectivity index (χ4v) is 2.27. The van der Waals surface area contributed by atoms with E-state index in [4.69, 9.17) is 10.5 Å². The molecule has 0 saturated carbocycles. The van der Waals surface area contributed by atoms with Gasteiger partial charge in [0, 0.05) is 11.1 Å². The summed E-state index contributed by atoms with van der Waals surface area (Å²) in [5.41, 5.74) is 5.70. The molecule has 3 N–H and O–H groups in total. The van der Waals surface area contributed by atoms with Crippen molar-refractivity contribution in [3.63, 3.8) is 0 Å². The van der Waals surface area contributed by atoms with E-state index in [0.717, 1.165) is 11.4 Å². The minimum Gasteiger partial charge on any atom is -0.490 e. The summed E-state index contributed by atoms with van der Waals surface area (Å²) in [6.07, 6.45) is 4.30. The van der Waals surface area contributed by atoms with Crippen LogP contribution in [0.25, 0.3) is 0 Å². The van der Waals surface area contributed by atoms with Gasteiger partial charge in [-0.2, -0.15) is 0 Å². The van der Waals surface area contributed by atoms with Gasteiger partial charge in [0.2, 0.25) is 5.75 Å². The minimum absolute atomic E-state index is 0.323. The van der Waals surface area contributed by atoms with Gasteiger partial charge in [0.05, 0.1) is 13.7 Å². The number of aromatic nitrogens is 3. The van der Waals surface area contributed by atoms with Gasteiger partial charge in [0.1, 0.15) is 11.3 Å². The lowest BCUT2D eigenvalue weighted by Gasteiger charge is -2.09. The van der Waals surface area contributed by atoms with Gasteiger partial charge >= 0.3 is 0 Å². The van der Waals surface area contributed by atoms with Gasteiger partial charge in [-0.3, -0.25) is 0 Å². The molecule has 0 aromatic carbocycles. The van der Waals surface area contributed by atoms with E-state index in [2.05, 4.69) is 27.2 Å². The zero-order chi connectivity index (χ0) is 13.0. The summed E-state index contributed by atoms with van der Waals surface area (Å²) >= 11 is 1.68. The maximum Gasteiger partial charge on any atom is 0.203 e. The van der Waals surface area contributed by atoms with E-state index >= 15 is 0 Å². The van der Waals surface area contributed by atoms with Gasteiger partial charge in [0.25, 0.3) is 0 Å². The van der Waals surface area contributed by atoms with Gasteiger partial charge in [-0.25, -0.2) is 15.0 Å². The highest BCUT2D eigenvalue weighted by atomic mass is 32.1. The molecule has 0 unspecified atom stereocenters. The average molecular weight is 265 g/mol. The molecule has 2 aromatic heterocycles. The number of nitrogen functional groups attached to an aromatic ring is 1. The topological polar surface area (TPSA) is 86.0 Å². The number of ether oxygens (including phenoxy) is 1. The first-order valence-corrected chi connectivity index (χ1v) is 6.38. The summed E-state index contributed by atoms with van der Waals surface area (Å²) in [5.74, 6) is 1.37. The van der Waals surface area contributed by atoms with Crippen molar-refractivity contribution in [2.24, 2.45) is 0 Å². The Morgan fingerprint density at radius 3 is 2.89 bits per heavy atom. The van der Waals surface area contributed by atoms with Crippen LogP contribution in [0.2, 0.25) is 0 Å². The zero-order valence-electron chi connectivity index (χ0n) is 10.3. The number of methoxy groups -OCH3 is 1. The van der Waals surface area contributed by atoms with Crippen molar-refractivity contribution in [2.45, 2.75) is 19.9 Å². The number of anilines is 2. The monoisotopic (exact) mass is 265 g/mol. The molecule has 0 fully saturated rings. The first-order valence-electron chi connectivity index (χ1n) is 5.56. The Bertz CT molecular complexity index is 528. The molecule has 0 bridgehead atoms. The van der Waals surface area contributed by atoms with Gasteiger partial charge in [-0.1, -0.05) is 6.92 Å². The summed E-state index contributed by atoms with van der Waals surface area (Å²) in [6, 6.07) is 0. The normalized spacial score (nSPS) is 10.3. The van der Waals surface area contributed by atoms with Gasteiger partial charge in [-0.05, 0) is 6.42 Å². The SMILES string of the molecule is CCc1cnc(CNc2ncnc(N)c2OC)s1. The number of nitrogens with one attached hydrogen (secondary N) is 1. The van der Waals surface area contributed by atoms with Crippen LogP contribution in [0.5, 0.6) is 5.75 Å². The van der Waals surface area contributed by atoms with Gasteiger partial charge in [-0.15, -0.1) is 11.3 Å². The van der Waals surface area contributed by atoms with Crippen LogP contribution < -0.4 is 15.8 Å². The molecule has 0 saturated heterocycles. The van der Waals surface area contributed by atoms with Crippen molar-refractivity contribution in [3.05, 3.63) is 22.4 Å². The molecule has 0 spiro atoms. The standard InChI is InChI=1S/C11H15N5OS/c1-3-7-4-13-8(18-7)5-14-11-9(17-2)10(12)15-6-16-11/h4,6H,3,5H2,1-2H3,(H3,12,14,15,16).